The van der Waals surface area contributed by atoms with Crippen molar-refractivity contribution in [3.05, 3.63) is 35.6 Å². The highest BCUT2D eigenvalue weighted by Gasteiger charge is 2.41. The van der Waals surface area contributed by atoms with E-state index in [-0.39, 0.29) is 5.82 Å². The molecule has 0 aliphatic heterocycles. The molecule has 0 heterocycles. The average Bonchev–Trinajstić information content (AvgIpc) is 2.38. The van der Waals surface area contributed by atoms with E-state index in [9.17, 15) is 4.39 Å². The van der Waals surface area contributed by atoms with E-state index in [2.05, 4.69) is 6.92 Å². The molecule has 100 valence electrons. The Labute approximate surface area is 108 Å². The van der Waals surface area contributed by atoms with Gasteiger partial charge in [0.15, 0.2) is 0 Å². The Bertz CT molecular complexity index is 409. The number of hydrogen-bond acceptors (Lipinski definition) is 2. The summed E-state index contributed by atoms with van der Waals surface area (Å²) in [7, 11) is 1.69. The summed E-state index contributed by atoms with van der Waals surface area (Å²) in [6.45, 7) is 2.21. The molecule has 0 radical (unpaired) electrons. The van der Waals surface area contributed by atoms with Gasteiger partial charge < -0.3 is 10.5 Å². The quantitative estimate of drug-likeness (QED) is 0.893. The average molecular weight is 251 g/mol. The van der Waals surface area contributed by atoms with Crippen LogP contribution in [0, 0.1) is 11.7 Å². The van der Waals surface area contributed by atoms with Gasteiger partial charge in [-0.3, -0.25) is 0 Å². The first kappa shape index (κ1) is 13.5. The van der Waals surface area contributed by atoms with Crippen LogP contribution in [-0.2, 0) is 4.74 Å². The second-order valence-electron chi connectivity index (χ2n) is 5.47. The van der Waals surface area contributed by atoms with Crippen molar-refractivity contribution >= 4 is 0 Å². The van der Waals surface area contributed by atoms with E-state index in [0.717, 1.165) is 19.3 Å². The van der Waals surface area contributed by atoms with Crippen molar-refractivity contribution in [1.29, 1.82) is 0 Å². The van der Waals surface area contributed by atoms with Gasteiger partial charge in [-0.25, -0.2) is 4.39 Å². The lowest BCUT2D eigenvalue weighted by Crippen LogP contribution is -2.46. The molecule has 2 rings (SSSR count). The third kappa shape index (κ3) is 2.43. The van der Waals surface area contributed by atoms with Gasteiger partial charge in [-0.05, 0) is 24.8 Å². The molecular weight excluding hydrogens is 229 g/mol. The van der Waals surface area contributed by atoms with Crippen LogP contribution in [0.5, 0.6) is 0 Å². The van der Waals surface area contributed by atoms with Crippen molar-refractivity contribution in [1.82, 2.24) is 0 Å². The summed E-state index contributed by atoms with van der Waals surface area (Å²) in [5, 5.41) is 0. The minimum atomic E-state index is -0.417. The highest BCUT2D eigenvalue weighted by Crippen LogP contribution is 2.42. The van der Waals surface area contributed by atoms with Gasteiger partial charge in [0, 0.05) is 12.7 Å². The molecule has 1 fully saturated rings. The smallest absolute Gasteiger partial charge is 0.128 e. The lowest BCUT2D eigenvalue weighted by Gasteiger charge is -2.43. The highest BCUT2D eigenvalue weighted by molar-refractivity contribution is 5.24. The minimum Gasteiger partial charge on any atom is -0.376 e. The summed E-state index contributed by atoms with van der Waals surface area (Å²) in [4.78, 5) is 0. The topological polar surface area (TPSA) is 35.2 Å². The molecular formula is C15H22FNO. The van der Waals surface area contributed by atoms with Crippen LogP contribution in [0.2, 0.25) is 0 Å². The van der Waals surface area contributed by atoms with Crippen molar-refractivity contribution in [2.75, 3.05) is 7.11 Å². The number of nitrogens with two attached hydrogens (primary N) is 1. The molecule has 0 amide bonds. The van der Waals surface area contributed by atoms with Crippen molar-refractivity contribution in [3.63, 3.8) is 0 Å². The first-order chi connectivity index (χ1) is 8.59. The maximum atomic E-state index is 13.9. The molecule has 0 saturated heterocycles. The van der Waals surface area contributed by atoms with Gasteiger partial charge in [0.05, 0.1) is 11.6 Å². The van der Waals surface area contributed by atoms with Crippen LogP contribution in [0.1, 0.15) is 44.2 Å². The lowest BCUT2D eigenvalue weighted by atomic mass is 9.73. The molecule has 2 nitrogen and oxygen atoms in total. The van der Waals surface area contributed by atoms with E-state index in [1.165, 1.54) is 12.5 Å². The molecule has 0 bridgehead atoms. The molecule has 3 atom stereocenters. The fourth-order valence-electron chi connectivity index (χ4n) is 3.15. The van der Waals surface area contributed by atoms with Crippen LogP contribution in [0.15, 0.2) is 24.3 Å². The number of benzene rings is 1. The third-order valence-electron chi connectivity index (χ3n) is 4.20. The Morgan fingerprint density at radius 2 is 2.17 bits per heavy atom. The molecule has 1 aliphatic carbocycles. The second-order valence-corrected chi connectivity index (χ2v) is 5.47. The van der Waals surface area contributed by atoms with Gasteiger partial charge in [0.2, 0.25) is 0 Å². The SMILES string of the molecule is COC1(C(N)c2ccccc2F)CCCC(C)C1. The lowest BCUT2D eigenvalue weighted by molar-refractivity contribution is -0.0724. The molecule has 0 aromatic heterocycles. The number of ether oxygens (including phenoxy) is 1. The van der Waals surface area contributed by atoms with E-state index in [0.29, 0.717) is 11.5 Å². The predicted molar refractivity (Wildman–Crippen MR) is 70.7 cm³/mol. The minimum absolute atomic E-state index is 0.236. The Morgan fingerprint density at radius 1 is 1.44 bits per heavy atom. The molecule has 2 N–H and O–H groups in total. The van der Waals surface area contributed by atoms with E-state index < -0.39 is 11.6 Å². The maximum absolute atomic E-state index is 13.9. The normalized spacial score (nSPS) is 30.1. The zero-order valence-corrected chi connectivity index (χ0v) is 11.2. The molecule has 1 aliphatic rings. The number of methoxy groups -OCH3 is 1. The van der Waals surface area contributed by atoms with Gasteiger partial charge in [0.1, 0.15) is 5.82 Å². The fraction of sp³-hybridized carbons (Fsp3) is 0.600. The number of hydrogen-bond donors (Lipinski definition) is 1. The van der Waals surface area contributed by atoms with Crippen molar-refractivity contribution in [2.24, 2.45) is 11.7 Å². The van der Waals surface area contributed by atoms with Crippen LogP contribution in [0.4, 0.5) is 4.39 Å². The van der Waals surface area contributed by atoms with Gasteiger partial charge in [-0.2, -0.15) is 0 Å². The van der Waals surface area contributed by atoms with E-state index in [4.69, 9.17) is 10.5 Å². The summed E-state index contributed by atoms with van der Waals surface area (Å²) >= 11 is 0. The first-order valence-corrected chi connectivity index (χ1v) is 6.64. The van der Waals surface area contributed by atoms with E-state index in [1.54, 1.807) is 19.2 Å². The predicted octanol–water partition coefficient (Wildman–Crippen LogP) is 3.42. The number of halogens is 1. The molecule has 1 saturated carbocycles. The van der Waals surface area contributed by atoms with Crippen molar-refractivity contribution < 1.29 is 9.13 Å². The van der Waals surface area contributed by atoms with Crippen molar-refractivity contribution in [2.45, 2.75) is 44.2 Å². The molecule has 3 heteroatoms. The Balaban J connectivity index is 2.30. The van der Waals surface area contributed by atoms with Crippen LogP contribution in [-0.4, -0.2) is 12.7 Å². The third-order valence-corrected chi connectivity index (χ3v) is 4.20. The largest absolute Gasteiger partial charge is 0.376 e. The summed E-state index contributed by atoms with van der Waals surface area (Å²) in [5.41, 5.74) is 6.46. The summed E-state index contributed by atoms with van der Waals surface area (Å²) < 4.78 is 19.6. The van der Waals surface area contributed by atoms with E-state index in [1.807, 2.05) is 6.07 Å². The van der Waals surface area contributed by atoms with Crippen LogP contribution in [0.3, 0.4) is 0 Å². The fourth-order valence-corrected chi connectivity index (χ4v) is 3.15. The summed E-state index contributed by atoms with van der Waals surface area (Å²) in [5.74, 6) is 0.344. The van der Waals surface area contributed by atoms with Crippen molar-refractivity contribution in [3.8, 4) is 0 Å². The van der Waals surface area contributed by atoms with Crippen LogP contribution < -0.4 is 5.73 Å². The molecule has 1 aromatic carbocycles. The standard InChI is InChI=1S/C15H22FNO/c1-11-6-5-9-15(10-11,18-2)14(17)12-7-3-4-8-13(12)16/h3-4,7-8,11,14H,5-6,9-10,17H2,1-2H3. The Morgan fingerprint density at radius 3 is 2.78 bits per heavy atom. The molecule has 3 unspecified atom stereocenters. The first-order valence-electron chi connectivity index (χ1n) is 6.64. The highest BCUT2D eigenvalue weighted by atomic mass is 19.1. The molecule has 18 heavy (non-hydrogen) atoms. The Kier molecular flexibility index (Phi) is 4.03. The summed E-state index contributed by atoms with van der Waals surface area (Å²) in [6.07, 6.45) is 4.11. The van der Waals surface area contributed by atoms with Gasteiger partial charge in [0.25, 0.3) is 0 Å². The van der Waals surface area contributed by atoms with Crippen LogP contribution >= 0.6 is 0 Å². The Hall–Kier alpha value is -0.930. The van der Waals surface area contributed by atoms with Crippen LogP contribution in [0.25, 0.3) is 0 Å². The molecule has 1 aromatic rings. The maximum Gasteiger partial charge on any atom is 0.128 e. The van der Waals surface area contributed by atoms with E-state index >= 15 is 0 Å². The summed E-state index contributed by atoms with van der Waals surface area (Å²) in [6, 6.07) is 6.35. The molecule has 0 spiro atoms. The zero-order valence-electron chi connectivity index (χ0n) is 11.2. The van der Waals surface area contributed by atoms with Gasteiger partial charge >= 0.3 is 0 Å². The monoisotopic (exact) mass is 251 g/mol. The second kappa shape index (κ2) is 5.37. The van der Waals surface area contributed by atoms with Gasteiger partial charge in [-0.15, -0.1) is 0 Å². The van der Waals surface area contributed by atoms with Gasteiger partial charge in [-0.1, -0.05) is 38.0 Å². The number of rotatable bonds is 3. The zero-order chi connectivity index (χ0) is 13.2.